The van der Waals surface area contributed by atoms with Crippen LogP contribution >= 0.6 is 0 Å². The van der Waals surface area contributed by atoms with Crippen molar-refractivity contribution in [3.8, 4) is 0 Å². The van der Waals surface area contributed by atoms with E-state index in [2.05, 4.69) is 34.3 Å². The van der Waals surface area contributed by atoms with Gasteiger partial charge in [-0.25, -0.2) is 14.8 Å². The van der Waals surface area contributed by atoms with Crippen LogP contribution in [-0.2, 0) is 11.2 Å². The number of nitrogens with one attached hydrogen (secondary N) is 1. The second-order valence-electron chi connectivity index (χ2n) is 6.50. The highest BCUT2D eigenvalue weighted by molar-refractivity contribution is 6.05. The van der Waals surface area contributed by atoms with Crippen molar-refractivity contribution >= 4 is 28.4 Å². The molecule has 0 radical (unpaired) electrons. The number of aromatic nitrogens is 2. The maximum absolute atomic E-state index is 12.6. The van der Waals surface area contributed by atoms with Gasteiger partial charge in [0, 0.05) is 23.0 Å². The molecule has 0 atom stereocenters. The highest BCUT2D eigenvalue weighted by Gasteiger charge is 2.19. The number of nitrogens with zero attached hydrogens (tertiary/aromatic N) is 2. The van der Waals surface area contributed by atoms with Gasteiger partial charge >= 0.3 is 5.97 Å². The number of pyridine rings is 2. The lowest BCUT2D eigenvalue weighted by atomic mass is 10.1. The molecule has 0 amide bonds. The zero-order valence-corrected chi connectivity index (χ0v) is 15.5. The van der Waals surface area contributed by atoms with E-state index in [1.807, 2.05) is 45.0 Å². The number of carbonyl (C=O) groups is 1. The third-order valence-electron chi connectivity index (χ3n) is 4.06. The Morgan fingerprint density at radius 2 is 1.88 bits per heavy atom. The first-order chi connectivity index (χ1) is 12.5. The molecule has 134 valence electrons. The molecule has 0 aliphatic rings. The molecule has 0 saturated carbocycles. The summed E-state index contributed by atoms with van der Waals surface area (Å²) >= 11 is 0. The van der Waals surface area contributed by atoms with Gasteiger partial charge in [0.05, 0.1) is 11.8 Å². The first-order valence-electron chi connectivity index (χ1n) is 8.81. The molecule has 3 aromatic rings. The topological polar surface area (TPSA) is 64.1 Å². The van der Waals surface area contributed by atoms with Crippen LogP contribution in [-0.4, -0.2) is 22.0 Å². The maximum atomic E-state index is 12.6. The average Bonchev–Trinajstić information content (AvgIpc) is 2.61. The largest absolute Gasteiger partial charge is 0.459 e. The van der Waals surface area contributed by atoms with Crippen molar-refractivity contribution in [1.82, 2.24) is 9.97 Å². The molecule has 2 heterocycles. The molecule has 1 aromatic carbocycles. The fraction of sp³-hybridized carbons (Fsp3) is 0.286. The second kappa shape index (κ2) is 7.52. The van der Waals surface area contributed by atoms with Crippen molar-refractivity contribution in [2.75, 3.05) is 5.32 Å². The third-order valence-corrected chi connectivity index (χ3v) is 4.06. The zero-order chi connectivity index (χ0) is 18.7. The Morgan fingerprint density at radius 3 is 2.54 bits per heavy atom. The van der Waals surface area contributed by atoms with Crippen LogP contribution in [0, 0.1) is 6.92 Å². The van der Waals surface area contributed by atoms with Gasteiger partial charge in [-0.15, -0.1) is 0 Å². The lowest BCUT2D eigenvalue weighted by Crippen LogP contribution is -2.14. The van der Waals surface area contributed by atoms with E-state index in [4.69, 9.17) is 4.74 Å². The second-order valence-corrected chi connectivity index (χ2v) is 6.50. The van der Waals surface area contributed by atoms with Crippen LogP contribution in [0.1, 0.15) is 42.4 Å². The van der Waals surface area contributed by atoms with E-state index in [1.54, 1.807) is 0 Å². The van der Waals surface area contributed by atoms with Gasteiger partial charge in [0.15, 0.2) is 5.65 Å². The fourth-order valence-corrected chi connectivity index (χ4v) is 2.71. The zero-order valence-electron chi connectivity index (χ0n) is 15.5. The molecule has 2 aromatic heterocycles. The standard InChI is InChI=1S/C21H23N3O2/c1-5-15-7-9-16(10-8-15)24-19-17-11-6-14(4)23-20(17)22-12-18(19)21(25)26-13(2)3/h6-13H,5H2,1-4H3,(H,22,23,24). The van der Waals surface area contributed by atoms with Gasteiger partial charge in [0.2, 0.25) is 0 Å². The predicted octanol–water partition coefficient (Wildman–Crippen LogP) is 4.81. The van der Waals surface area contributed by atoms with Gasteiger partial charge in [-0.3, -0.25) is 0 Å². The minimum atomic E-state index is -0.400. The molecular formula is C21H23N3O2. The van der Waals surface area contributed by atoms with Gasteiger partial charge in [0.25, 0.3) is 0 Å². The summed E-state index contributed by atoms with van der Waals surface area (Å²) in [5.41, 5.74) is 4.69. The van der Waals surface area contributed by atoms with Crippen LogP contribution in [0.5, 0.6) is 0 Å². The lowest BCUT2D eigenvalue weighted by molar-refractivity contribution is 0.0379. The number of esters is 1. The summed E-state index contributed by atoms with van der Waals surface area (Å²) in [5.74, 6) is -0.400. The monoisotopic (exact) mass is 349 g/mol. The number of fused-ring (bicyclic) bond motifs is 1. The summed E-state index contributed by atoms with van der Waals surface area (Å²) in [6.45, 7) is 7.69. The lowest BCUT2D eigenvalue weighted by Gasteiger charge is -2.15. The molecule has 0 aliphatic carbocycles. The summed E-state index contributed by atoms with van der Waals surface area (Å²) in [6.07, 6.45) is 2.31. The van der Waals surface area contributed by atoms with Crippen LogP contribution < -0.4 is 5.32 Å². The number of ether oxygens (including phenoxy) is 1. The van der Waals surface area contributed by atoms with Gasteiger partial charge in [0.1, 0.15) is 5.56 Å². The van der Waals surface area contributed by atoms with Gasteiger partial charge < -0.3 is 10.1 Å². The Hall–Kier alpha value is -2.95. The van der Waals surface area contributed by atoms with E-state index >= 15 is 0 Å². The highest BCUT2D eigenvalue weighted by Crippen LogP contribution is 2.29. The van der Waals surface area contributed by atoms with Crippen molar-refractivity contribution in [1.29, 1.82) is 0 Å². The first kappa shape index (κ1) is 17.9. The Morgan fingerprint density at radius 1 is 1.15 bits per heavy atom. The van der Waals surface area contributed by atoms with E-state index in [0.717, 1.165) is 23.2 Å². The molecule has 0 unspecified atom stereocenters. The average molecular weight is 349 g/mol. The normalized spacial score (nSPS) is 11.0. The maximum Gasteiger partial charge on any atom is 0.342 e. The molecule has 26 heavy (non-hydrogen) atoms. The van der Waals surface area contributed by atoms with Crippen LogP contribution in [0.3, 0.4) is 0 Å². The van der Waals surface area contributed by atoms with E-state index in [9.17, 15) is 4.79 Å². The van der Waals surface area contributed by atoms with E-state index in [-0.39, 0.29) is 6.10 Å². The predicted molar refractivity (Wildman–Crippen MR) is 104 cm³/mol. The molecular weight excluding hydrogens is 326 g/mol. The Bertz CT molecular complexity index is 934. The number of anilines is 2. The van der Waals surface area contributed by atoms with Crippen LogP contribution in [0.15, 0.2) is 42.6 Å². The van der Waals surface area contributed by atoms with Gasteiger partial charge in [-0.2, -0.15) is 0 Å². The Kier molecular flexibility index (Phi) is 5.16. The minimum absolute atomic E-state index is 0.203. The molecule has 5 heteroatoms. The Labute approximate surface area is 153 Å². The molecule has 1 N–H and O–H groups in total. The van der Waals surface area contributed by atoms with Gasteiger partial charge in [-0.05, 0) is 57.0 Å². The molecule has 0 spiro atoms. The first-order valence-corrected chi connectivity index (χ1v) is 8.81. The van der Waals surface area contributed by atoms with Crippen molar-refractivity contribution in [3.05, 3.63) is 59.4 Å². The quantitative estimate of drug-likeness (QED) is 0.670. The highest BCUT2D eigenvalue weighted by atomic mass is 16.5. The smallest absolute Gasteiger partial charge is 0.342 e. The number of hydrogen-bond acceptors (Lipinski definition) is 5. The van der Waals surface area contributed by atoms with Crippen molar-refractivity contribution in [3.63, 3.8) is 0 Å². The van der Waals surface area contributed by atoms with Gasteiger partial charge in [-0.1, -0.05) is 19.1 Å². The van der Waals surface area contributed by atoms with E-state index in [0.29, 0.717) is 16.9 Å². The number of hydrogen-bond donors (Lipinski definition) is 1. The summed E-state index contributed by atoms with van der Waals surface area (Å²) < 4.78 is 5.38. The molecule has 5 nitrogen and oxygen atoms in total. The summed E-state index contributed by atoms with van der Waals surface area (Å²) in [6, 6.07) is 12.0. The molecule has 0 saturated heterocycles. The van der Waals surface area contributed by atoms with Crippen molar-refractivity contribution in [2.45, 2.75) is 40.2 Å². The molecule has 0 fully saturated rings. The van der Waals surface area contributed by atoms with E-state index in [1.165, 1.54) is 11.8 Å². The van der Waals surface area contributed by atoms with Crippen LogP contribution in [0.2, 0.25) is 0 Å². The number of rotatable bonds is 5. The summed E-state index contributed by atoms with van der Waals surface area (Å²) in [7, 11) is 0. The summed E-state index contributed by atoms with van der Waals surface area (Å²) in [4.78, 5) is 21.4. The number of carbonyl (C=O) groups excluding carboxylic acids is 1. The minimum Gasteiger partial charge on any atom is -0.459 e. The number of benzene rings is 1. The summed E-state index contributed by atoms with van der Waals surface area (Å²) in [5, 5.41) is 4.15. The SMILES string of the molecule is CCc1ccc(Nc2c(C(=O)OC(C)C)cnc3nc(C)ccc23)cc1. The Balaban J connectivity index is 2.09. The molecule has 0 bridgehead atoms. The van der Waals surface area contributed by atoms with Crippen molar-refractivity contribution < 1.29 is 9.53 Å². The molecule has 3 rings (SSSR count). The fourth-order valence-electron chi connectivity index (χ4n) is 2.71. The third kappa shape index (κ3) is 3.82. The van der Waals surface area contributed by atoms with Crippen molar-refractivity contribution in [2.24, 2.45) is 0 Å². The molecule has 0 aliphatic heterocycles. The van der Waals surface area contributed by atoms with Crippen LogP contribution in [0.25, 0.3) is 11.0 Å². The number of aryl methyl sites for hydroxylation is 2. The van der Waals surface area contributed by atoms with E-state index < -0.39 is 5.97 Å². The van der Waals surface area contributed by atoms with Crippen LogP contribution in [0.4, 0.5) is 11.4 Å².